The Labute approximate surface area is 101 Å². The number of imidazole rings is 1. The molecule has 3 rings (SSSR count). The van der Waals surface area contributed by atoms with Gasteiger partial charge in [-0.2, -0.15) is 0 Å². The molecule has 0 spiro atoms. The van der Waals surface area contributed by atoms with Crippen molar-refractivity contribution in [2.24, 2.45) is 0 Å². The molecule has 1 aliphatic rings. The van der Waals surface area contributed by atoms with Crippen molar-refractivity contribution in [2.45, 2.75) is 31.9 Å². The van der Waals surface area contributed by atoms with Gasteiger partial charge in [0.25, 0.3) is 0 Å². The number of aliphatic hydroxyl groups is 1. The maximum Gasteiger partial charge on any atom is 0.113 e. The second-order valence-corrected chi connectivity index (χ2v) is 4.63. The minimum Gasteiger partial charge on any atom is -0.391 e. The molecule has 0 saturated heterocycles. The van der Waals surface area contributed by atoms with E-state index >= 15 is 0 Å². The summed E-state index contributed by atoms with van der Waals surface area (Å²) in [5.74, 6) is 1.06. The Kier molecular flexibility index (Phi) is 2.69. The highest BCUT2D eigenvalue weighted by atomic mass is 16.3. The van der Waals surface area contributed by atoms with Crippen molar-refractivity contribution in [3.63, 3.8) is 0 Å². The summed E-state index contributed by atoms with van der Waals surface area (Å²) in [4.78, 5) is 4.48. The molecule has 2 heterocycles. The van der Waals surface area contributed by atoms with E-state index in [9.17, 15) is 5.11 Å². The van der Waals surface area contributed by atoms with Crippen molar-refractivity contribution in [2.75, 3.05) is 0 Å². The maximum atomic E-state index is 9.72. The smallest absolute Gasteiger partial charge is 0.113 e. The van der Waals surface area contributed by atoms with Gasteiger partial charge in [0.15, 0.2) is 0 Å². The number of fused-ring (bicyclic) bond motifs is 1. The monoisotopic (exact) mass is 228 g/mol. The van der Waals surface area contributed by atoms with E-state index in [2.05, 4.69) is 21.7 Å². The van der Waals surface area contributed by atoms with Crippen molar-refractivity contribution in [3.8, 4) is 0 Å². The predicted octanol–water partition coefficient (Wildman–Crippen LogP) is 1.78. The minimum atomic E-state index is -0.216. The third kappa shape index (κ3) is 2.11. The number of rotatable bonds is 2. The molecule has 2 aromatic rings. The van der Waals surface area contributed by atoms with E-state index in [-0.39, 0.29) is 6.10 Å². The molecular weight excluding hydrogens is 212 g/mol. The third-order valence-corrected chi connectivity index (χ3v) is 3.35. The first kappa shape index (κ1) is 10.5. The Morgan fingerprint density at radius 3 is 2.94 bits per heavy atom. The largest absolute Gasteiger partial charge is 0.391 e. The number of aliphatic hydroxyl groups excluding tert-OH is 1. The fourth-order valence-corrected chi connectivity index (χ4v) is 2.41. The van der Waals surface area contributed by atoms with Crippen molar-refractivity contribution >= 4 is 0 Å². The molecule has 0 aliphatic carbocycles. The van der Waals surface area contributed by atoms with Crippen LogP contribution in [0, 0.1) is 0 Å². The Hall–Kier alpha value is -1.61. The SMILES string of the molecule is OC1CCc2cnc(Cc3ccccc3)n2C1. The van der Waals surface area contributed by atoms with Gasteiger partial charge in [0.05, 0.1) is 12.6 Å². The summed E-state index contributed by atoms with van der Waals surface area (Å²) in [5.41, 5.74) is 2.52. The van der Waals surface area contributed by atoms with Gasteiger partial charge in [-0.05, 0) is 18.4 Å². The van der Waals surface area contributed by atoms with Crippen LogP contribution in [0.15, 0.2) is 36.5 Å². The summed E-state index contributed by atoms with van der Waals surface area (Å²) in [6.45, 7) is 0.692. The predicted molar refractivity (Wildman–Crippen MR) is 65.8 cm³/mol. The number of aromatic nitrogens is 2. The standard InChI is InChI=1S/C14H16N2O/c17-13-7-6-12-9-15-14(16(12)10-13)8-11-4-2-1-3-5-11/h1-5,9,13,17H,6-8,10H2. The molecule has 1 aromatic heterocycles. The Morgan fingerprint density at radius 1 is 1.29 bits per heavy atom. The lowest BCUT2D eigenvalue weighted by Crippen LogP contribution is -2.25. The fraction of sp³-hybridized carbons (Fsp3) is 0.357. The number of hydrogen-bond donors (Lipinski definition) is 1. The molecule has 1 N–H and O–H groups in total. The van der Waals surface area contributed by atoms with Gasteiger partial charge in [0, 0.05) is 18.3 Å². The van der Waals surface area contributed by atoms with E-state index in [0.29, 0.717) is 6.54 Å². The summed E-state index contributed by atoms with van der Waals surface area (Å²) in [6, 6.07) is 10.3. The van der Waals surface area contributed by atoms with Gasteiger partial charge >= 0.3 is 0 Å². The van der Waals surface area contributed by atoms with Crippen molar-refractivity contribution in [1.29, 1.82) is 0 Å². The number of hydrogen-bond acceptors (Lipinski definition) is 2. The van der Waals surface area contributed by atoms with E-state index in [4.69, 9.17) is 0 Å². The van der Waals surface area contributed by atoms with Crippen LogP contribution in [0.1, 0.15) is 23.5 Å². The highest BCUT2D eigenvalue weighted by molar-refractivity contribution is 5.21. The molecule has 1 aromatic carbocycles. The zero-order valence-electron chi connectivity index (χ0n) is 9.71. The molecule has 0 bridgehead atoms. The Bertz CT molecular complexity index is 504. The number of nitrogens with zero attached hydrogens (tertiary/aromatic N) is 2. The van der Waals surface area contributed by atoms with Crippen LogP contribution < -0.4 is 0 Å². The highest BCUT2D eigenvalue weighted by Crippen LogP contribution is 2.18. The molecule has 0 saturated carbocycles. The van der Waals surface area contributed by atoms with E-state index in [1.165, 1.54) is 11.3 Å². The molecule has 3 nitrogen and oxygen atoms in total. The van der Waals surface area contributed by atoms with Crippen LogP contribution in [-0.4, -0.2) is 20.8 Å². The average molecular weight is 228 g/mol. The topological polar surface area (TPSA) is 38.1 Å². The van der Waals surface area contributed by atoms with Crippen molar-refractivity contribution in [1.82, 2.24) is 9.55 Å². The van der Waals surface area contributed by atoms with Gasteiger partial charge in [-0.25, -0.2) is 4.98 Å². The molecule has 1 atom stereocenters. The summed E-state index contributed by atoms with van der Waals surface area (Å²) >= 11 is 0. The molecule has 0 radical (unpaired) electrons. The van der Waals surface area contributed by atoms with Crippen LogP contribution in [0.5, 0.6) is 0 Å². The van der Waals surface area contributed by atoms with Crippen LogP contribution in [0.3, 0.4) is 0 Å². The van der Waals surface area contributed by atoms with Gasteiger partial charge < -0.3 is 9.67 Å². The average Bonchev–Trinajstić information content (AvgIpc) is 2.73. The Morgan fingerprint density at radius 2 is 2.12 bits per heavy atom. The first-order valence-electron chi connectivity index (χ1n) is 6.08. The molecule has 17 heavy (non-hydrogen) atoms. The lowest BCUT2D eigenvalue weighted by atomic mass is 10.1. The van der Waals surface area contributed by atoms with Gasteiger partial charge in [-0.1, -0.05) is 30.3 Å². The van der Waals surface area contributed by atoms with E-state index in [1.807, 2.05) is 24.4 Å². The zero-order valence-corrected chi connectivity index (χ0v) is 9.71. The second-order valence-electron chi connectivity index (χ2n) is 4.63. The lowest BCUT2D eigenvalue weighted by Gasteiger charge is -2.21. The van der Waals surface area contributed by atoms with E-state index in [1.54, 1.807) is 0 Å². The second kappa shape index (κ2) is 4.34. The summed E-state index contributed by atoms with van der Waals surface area (Å²) in [7, 11) is 0. The molecular formula is C14H16N2O. The fourth-order valence-electron chi connectivity index (χ4n) is 2.41. The van der Waals surface area contributed by atoms with Crippen LogP contribution in [0.25, 0.3) is 0 Å². The molecule has 1 aliphatic heterocycles. The summed E-state index contributed by atoms with van der Waals surface area (Å²) in [6.07, 6.45) is 4.36. The molecule has 0 fully saturated rings. The highest BCUT2D eigenvalue weighted by Gasteiger charge is 2.19. The maximum absolute atomic E-state index is 9.72. The number of benzene rings is 1. The van der Waals surface area contributed by atoms with E-state index < -0.39 is 0 Å². The molecule has 3 heteroatoms. The zero-order chi connectivity index (χ0) is 11.7. The van der Waals surface area contributed by atoms with Crippen molar-refractivity contribution in [3.05, 3.63) is 53.6 Å². The number of aryl methyl sites for hydroxylation is 1. The van der Waals surface area contributed by atoms with Gasteiger partial charge in [-0.3, -0.25) is 0 Å². The van der Waals surface area contributed by atoms with Gasteiger partial charge in [0.2, 0.25) is 0 Å². The van der Waals surface area contributed by atoms with Crippen molar-refractivity contribution < 1.29 is 5.11 Å². The lowest BCUT2D eigenvalue weighted by molar-refractivity contribution is 0.130. The first-order valence-corrected chi connectivity index (χ1v) is 6.08. The Balaban J connectivity index is 1.87. The quantitative estimate of drug-likeness (QED) is 0.851. The van der Waals surface area contributed by atoms with Crippen LogP contribution in [-0.2, 0) is 19.4 Å². The third-order valence-electron chi connectivity index (χ3n) is 3.35. The van der Waals surface area contributed by atoms with E-state index in [0.717, 1.165) is 25.1 Å². The summed E-state index contributed by atoms with van der Waals surface area (Å²) in [5, 5.41) is 9.72. The molecule has 0 amide bonds. The van der Waals surface area contributed by atoms with Crippen LogP contribution in [0.2, 0.25) is 0 Å². The van der Waals surface area contributed by atoms with Crippen LogP contribution >= 0.6 is 0 Å². The normalized spacial score (nSPS) is 19.0. The summed E-state index contributed by atoms with van der Waals surface area (Å²) < 4.78 is 2.17. The molecule has 1 unspecified atom stereocenters. The molecule has 88 valence electrons. The first-order chi connectivity index (χ1) is 8.33. The van der Waals surface area contributed by atoms with Gasteiger partial charge in [0.1, 0.15) is 5.82 Å². The van der Waals surface area contributed by atoms with Crippen LogP contribution in [0.4, 0.5) is 0 Å². The minimum absolute atomic E-state index is 0.216. The van der Waals surface area contributed by atoms with Gasteiger partial charge in [-0.15, -0.1) is 0 Å².